The number of hydrogen-bond donors (Lipinski definition) is 1. The summed E-state index contributed by atoms with van der Waals surface area (Å²) < 4.78 is 10.9. The highest BCUT2D eigenvalue weighted by molar-refractivity contribution is 5.85. The number of nitrogens with one attached hydrogen (secondary N) is 1. The van der Waals surface area contributed by atoms with E-state index in [9.17, 15) is 0 Å². The Bertz CT molecular complexity index is 359. The van der Waals surface area contributed by atoms with Gasteiger partial charge in [0.25, 0.3) is 0 Å². The summed E-state index contributed by atoms with van der Waals surface area (Å²) >= 11 is 0. The van der Waals surface area contributed by atoms with Gasteiger partial charge in [-0.1, -0.05) is 0 Å². The quantitative estimate of drug-likeness (QED) is 0.895. The highest BCUT2D eigenvalue weighted by Gasteiger charge is 2.16. The summed E-state index contributed by atoms with van der Waals surface area (Å²) in [6, 6.07) is 8.32. The minimum absolute atomic E-state index is 0. The molecule has 5 heteroatoms. The van der Waals surface area contributed by atoms with Crippen LogP contribution >= 0.6 is 12.4 Å². The molecule has 0 spiro atoms. The molecule has 1 saturated heterocycles. The van der Waals surface area contributed by atoms with Crippen LogP contribution in [0.2, 0.25) is 0 Å². The molecule has 0 bridgehead atoms. The van der Waals surface area contributed by atoms with Crippen LogP contribution in [-0.2, 0) is 0 Å². The Morgan fingerprint density at radius 2 is 1.95 bits per heavy atom. The van der Waals surface area contributed by atoms with Crippen LogP contribution in [-0.4, -0.2) is 50.8 Å². The first-order chi connectivity index (χ1) is 8.79. The van der Waals surface area contributed by atoms with Gasteiger partial charge in [-0.05, 0) is 31.2 Å². The van der Waals surface area contributed by atoms with Crippen molar-refractivity contribution in [2.45, 2.75) is 13.0 Å². The third kappa shape index (κ3) is 4.90. The molecule has 0 radical (unpaired) electrons. The van der Waals surface area contributed by atoms with Crippen molar-refractivity contribution in [3.05, 3.63) is 24.3 Å². The number of benzene rings is 1. The van der Waals surface area contributed by atoms with Crippen molar-refractivity contribution in [3.63, 3.8) is 0 Å². The van der Waals surface area contributed by atoms with E-state index < -0.39 is 0 Å². The maximum atomic E-state index is 5.74. The van der Waals surface area contributed by atoms with Gasteiger partial charge in [0.15, 0.2) is 0 Å². The van der Waals surface area contributed by atoms with Crippen molar-refractivity contribution in [2.24, 2.45) is 0 Å². The Labute approximate surface area is 121 Å². The second-order valence-corrected chi connectivity index (χ2v) is 4.61. The predicted molar refractivity (Wildman–Crippen MR) is 79.6 cm³/mol. The minimum atomic E-state index is 0. The predicted octanol–water partition coefficient (Wildman–Crippen LogP) is 1.79. The summed E-state index contributed by atoms with van der Waals surface area (Å²) in [6.45, 7) is 7.22. The van der Waals surface area contributed by atoms with E-state index in [0.717, 1.165) is 44.3 Å². The van der Waals surface area contributed by atoms with Crippen LogP contribution in [0.15, 0.2) is 24.3 Å². The van der Waals surface area contributed by atoms with E-state index in [2.05, 4.69) is 17.1 Å². The van der Waals surface area contributed by atoms with Crippen LogP contribution < -0.4 is 14.8 Å². The fourth-order valence-electron chi connectivity index (χ4n) is 2.17. The van der Waals surface area contributed by atoms with E-state index in [4.69, 9.17) is 9.47 Å². The Kier molecular flexibility index (Phi) is 6.99. The van der Waals surface area contributed by atoms with E-state index >= 15 is 0 Å². The van der Waals surface area contributed by atoms with Gasteiger partial charge in [-0.25, -0.2) is 0 Å². The maximum absolute atomic E-state index is 5.74. The maximum Gasteiger partial charge on any atom is 0.119 e. The summed E-state index contributed by atoms with van der Waals surface area (Å²) in [7, 11) is 1.67. The van der Waals surface area contributed by atoms with Crippen molar-refractivity contribution >= 4 is 12.4 Å². The molecule has 1 atom stereocenters. The van der Waals surface area contributed by atoms with Gasteiger partial charge in [0.2, 0.25) is 0 Å². The molecule has 2 rings (SSSR count). The van der Waals surface area contributed by atoms with Gasteiger partial charge < -0.3 is 14.8 Å². The lowest BCUT2D eigenvalue weighted by Crippen LogP contribution is -2.50. The Hall–Kier alpha value is -0.970. The summed E-state index contributed by atoms with van der Waals surface area (Å²) in [4.78, 5) is 2.46. The number of ether oxygens (including phenoxy) is 2. The van der Waals surface area contributed by atoms with Crippen LogP contribution in [0.3, 0.4) is 0 Å². The second-order valence-electron chi connectivity index (χ2n) is 4.61. The molecular weight excluding hydrogens is 264 g/mol. The topological polar surface area (TPSA) is 33.7 Å². The van der Waals surface area contributed by atoms with Crippen molar-refractivity contribution < 1.29 is 9.47 Å². The fraction of sp³-hybridized carbons (Fsp3) is 0.571. The number of methoxy groups -OCH3 is 1. The van der Waals surface area contributed by atoms with Gasteiger partial charge in [0.1, 0.15) is 18.1 Å². The van der Waals surface area contributed by atoms with Crippen molar-refractivity contribution in [3.8, 4) is 11.5 Å². The molecule has 0 saturated carbocycles. The van der Waals surface area contributed by atoms with Gasteiger partial charge in [0.05, 0.1) is 7.11 Å². The molecule has 0 aromatic heterocycles. The molecule has 1 aromatic carbocycles. The average molecular weight is 287 g/mol. The molecule has 1 aliphatic heterocycles. The minimum Gasteiger partial charge on any atom is -0.497 e. The van der Waals surface area contributed by atoms with Crippen molar-refractivity contribution in [1.82, 2.24) is 10.2 Å². The third-order valence-corrected chi connectivity index (χ3v) is 3.35. The van der Waals surface area contributed by atoms with Crippen molar-refractivity contribution in [2.75, 3.05) is 39.9 Å². The first-order valence-electron chi connectivity index (χ1n) is 6.51. The van der Waals surface area contributed by atoms with Crippen LogP contribution in [0, 0.1) is 0 Å². The zero-order valence-corrected chi connectivity index (χ0v) is 12.4. The number of hydrogen-bond acceptors (Lipinski definition) is 4. The van der Waals surface area contributed by atoms with Crippen LogP contribution in [0.4, 0.5) is 0 Å². The van der Waals surface area contributed by atoms with E-state index in [0.29, 0.717) is 6.04 Å². The van der Waals surface area contributed by atoms with Gasteiger partial charge in [-0.3, -0.25) is 4.90 Å². The smallest absolute Gasteiger partial charge is 0.119 e. The second kappa shape index (κ2) is 8.25. The van der Waals surface area contributed by atoms with Crippen LogP contribution in [0.1, 0.15) is 6.92 Å². The fourth-order valence-corrected chi connectivity index (χ4v) is 2.17. The SMILES string of the molecule is COc1ccc(OCCN2CCNCC2C)cc1.Cl. The third-order valence-electron chi connectivity index (χ3n) is 3.35. The van der Waals surface area contributed by atoms with E-state index in [1.807, 2.05) is 24.3 Å². The number of piperazine rings is 1. The molecule has 0 aliphatic carbocycles. The number of nitrogens with zero attached hydrogens (tertiary/aromatic N) is 1. The molecule has 1 aliphatic rings. The molecule has 1 fully saturated rings. The molecule has 0 amide bonds. The van der Waals surface area contributed by atoms with E-state index in [1.54, 1.807) is 7.11 Å². The van der Waals surface area contributed by atoms with Gasteiger partial charge >= 0.3 is 0 Å². The van der Waals surface area contributed by atoms with Crippen LogP contribution in [0.5, 0.6) is 11.5 Å². The zero-order chi connectivity index (χ0) is 12.8. The highest BCUT2D eigenvalue weighted by atomic mass is 35.5. The first-order valence-corrected chi connectivity index (χ1v) is 6.51. The van der Waals surface area contributed by atoms with Crippen LogP contribution in [0.25, 0.3) is 0 Å². The highest BCUT2D eigenvalue weighted by Crippen LogP contribution is 2.17. The zero-order valence-electron chi connectivity index (χ0n) is 11.6. The summed E-state index contributed by atoms with van der Waals surface area (Å²) in [5.74, 6) is 1.76. The molecule has 4 nitrogen and oxygen atoms in total. The monoisotopic (exact) mass is 286 g/mol. The summed E-state index contributed by atoms with van der Waals surface area (Å²) in [5, 5.41) is 3.39. The molecular formula is C14H23ClN2O2. The standard InChI is InChI=1S/C14H22N2O2.ClH/c1-12-11-15-7-8-16(12)9-10-18-14-5-3-13(17-2)4-6-14;/h3-6,12,15H,7-11H2,1-2H3;1H. The molecule has 1 heterocycles. The lowest BCUT2D eigenvalue weighted by Gasteiger charge is -2.33. The average Bonchev–Trinajstić information content (AvgIpc) is 2.42. The summed E-state index contributed by atoms with van der Waals surface area (Å²) in [5.41, 5.74) is 0. The molecule has 108 valence electrons. The lowest BCUT2D eigenvalue weighted by molar-refractivity contribution is 0.143. The van der Waals surface area contributed by atoms with Gasteiger partial charge in [0, 0.05) is 32.2 Å². The Balaban J connectivity index is 0.00000180. The van der Waals surface area contributed by atoms with Gasteiger partial charge in [-0.2, -0.15) is 0 Å². The molecule has 19 heavy (non-hydrogen) atoms. The van der Waals surface area contributed by atoms with Crippen molar-refractivity contribution in [1.29, 1.82) is 0 Å². The van der Waals surface area contributed by atoms with E-state index in [1.165, 1.54) is 0 Å². The van der Waals surface area contributed by atoms with Gasteiger partial charge in [-0.15, -0.1) is 12.4 Å². The molecule has 1 aromatic rings. The lowest BCUT2D eigenvalue weighted by atomic mass is 10.2. The largest absolute Gasteiger partial charge is 0.497 e. The van der Waals surface area contributed by atoms with E-state index in [-0.39, 0.29) is 12.4 Å². The Morgan fingerprint density at radius 3 is 2.58 bits per heavy atom. The number of rotatable bonds is 5. The normalized spacial score (nSPS) is 19.6. The Morgan fingerprint density at radius 1 is 1.26 bits per heavy atom. The first kappa shape index (κ1) is 16.1. The number of halogens is 1. The summed E-state index contributed by atoms with van der Waals surface area (Å²) in [6.07, 6.45) is 0. The molecule has 1 unspecified atom stereocenters. The molecule has 1 N–H and O–H groups in total.